The van der Waals surface area contributed by atoms with Gasteiger partial charge in [0.2, 0.25) is 23.6 Å². The van der Waals surface area contributed by atoms with Crippen LogP contribution in [0, 0.1) is 0 Å². The summed E-state index contributed by atoms with van der Waals surface area (Å²) < 4.78 is 0. The molecule has 4 amide bonds. The van der Waals surface area contributed by atoms with E-state index < -0.39 is 78.2 Å². The fourth-order valence-corrected chi connectivity index (χ4v) is 2.43. The van der Waals surface area contributed by atoms with Crippen LogP contribution in [0.2, 0.25) is 0 Å². The molecule has 0 rings (SSSR count). The molecular formula is C19H31N5O10. The fourth-order valence-electron chi connectivity index (χ4n) is 2.43. The second-order valence-electron chi connectivity index (χ2n) is 7.56. The molecule has 5 atom stereocenters. The molecular weight excluding hydrogens is 458 g/mol. The number of nitrogens with two attached hydrogens (primary N) is 1. The molecule has 0 unspecified atom stereocenters. The summed E-state index contributed by atoms with van der Waals surface area (Å²) in [7, 11) is 0. The van der Waals surface area contributed by atoms with Crippen LogP contribution in [0.1, 0.15) is 46.5 Å². The van der Waals surface area contributed by atoms with Crippen molar-refractivity contribution in [1.29, 1.82) is 0 Å². The SMILES string of the molecule is C[C@H](NC(=O)[C@H](C)NC(=O)[C@@H](N)CCC(=O)O)C(=O)N[C@@H](C)C(=O)N[C@@H](CCC(=O)O)C(=O)O. The number of carbonyl (C=O) groups is 7. The van der Waals surface area contributed by atoms with E-state index in [1.165, 1.54) is 20.8 Å². The van der Waals surface area contributed by atoms with Crippen LogP contribution in [-0.2, 0) is 33.6 Å². The van der Waals surface area contributed by atoms with Crippen LogP contribution in [0.4, 0.5) is 0 Å². The Kier molecular flexibility index (Phi) is 12.8. The number of carboxylic acid groups (broad SMARTS) is 3. The van der Waals surface area contributed by atoms with E-state index in [-0.39, 0.29) is 19.3 Å². The molecule has 0 saturated heterocycles. The van der Waals surface area contributed by atoms with Crippen molar-refractivity contribution in [3.63, 3.8) is 0 Å². The van der Waals surface area contributed by atoms with E-state index in [0.717, 1.165) is 0 Å². The smallest absolute Gasteiger partial charge is 0.326 e. The summed E-state index contributed by atoms with van der Waals surface area (Å²) in [6.45, 7) is 3.89. The number of aliphatic carboxylic acids is 3. The molecule has 0 aliphatic carbocycles. The summed E-state index contributed by atoms with van der Waals surface area (Å²) in [5, 5.41) is 35.4. The number of carboxylic acids is 3. The van der Waals surface area contributed by atoms with Gasteiger partial charge in [-0.1, -0.05) is 0 Å². The molecule has 0 heterocycles. The van der Waals surface area contributed by atoms with Gasteiger partial charge in [-0.15, -0.1) is 0 Å². The van der Waals surface area contributed by atoms with Gasteiger partial charge < -0.3 is 42.3 Å². The summed E-state index contributed by atoms with van der Waals surface area (Å²) in [6.07, 6.45) is -1.30. The molecule has 0 aromatic heterocycles. The normalized spacial score (nSPS) is 14.9. The van der Waals surface area contributed by atoms with Crippen LogP contribution in [0.25, 0.3) is 0 Å². The van der Waals surface area contributed by atoms with E-state index >= 15 is 0 Å². The second-order valence-corrected chi connectivity index (χ2v) is 7.56. The molecule has 15 nitrogen and oxygen atoms in total. The first kappa shape index (κ1) is 30.2. The number of nitrogens with one attached hydrogen (secondary N) is 4. The van der Waals surface area contributed by atoms with Crippen molar-refractivity contribution in [3.8, 4) is 0 Å². The number of rotatable bonds is 15. The van der Waals surface area contributed by atoms with E-state index in [2.05, 4.69) is 21.3 Å². The van der Waals surface area contributed by atoms with Crippen molar-refractivity contribution < 1.29 is 48.9 Å². The monoisotopic (exact) mass is 489 g/mol. The lowest BCUT2D eigenvalue weighted by atomic mass is 10.1. The highest BCUT2D eigenvalue weighted by Gasteiger charge is 2.27. The Morgan fingerprint density at radius 1 is 0.618 bits per heavy atom. The van der Waals surface area contributed by atoms with Gasteiger partial charge in [0.1, 0.15) is 24.2 Å². The zero-order chi connectivity index (χ0) is 26.6. The van der Waals surface area contributed by atoms with Crippen molar-refractivity contribution in [1.82, 2.24) is 21.3 Å². The molecule has 0 aliphatic rings. The molecule has 0 radical (unpaired) electrons. The van der Waals surface area contributed by atoms with Gasteiger partial charge in [0, 0.05) is 12.8 Å². The molecule has 0 bridgehead atoms. The standard InChI is InChI=1S/C19H31N5O10/c1-8(21-16(30)9(2)23-18(32)11(20)4-6-13(25)26)15(29)22-10(3)17(31)24-12(19(33)34)5-7-14(27)28/h8-12H,4-7,20H2,1-3H3,(H,21,30)(H,22,29)(H,23,32)(H,24,31)(H,25,26)(H,27,28)(H,33,34)/t8-,9-,10-,11-,12-/m0/s1. The van der Waals surface area contributed by atoms with Crippen molar-refractivity contribution in [2.75, 3.05) is 0 Å². The molecule has 0 fully saturated rings. The highest BCUT2D eigenvalue weighted by Crippen LogP contribution is 2.00. The average molecular weight is 489 g/mol. The second kappa shape index (κ2) is 14.4. The largest absolute Gasteiger partial charge is 0.481 e. The Labute approximate surface area is 194 Å². The molecule has 9 N–H and O–H groups in total. The Morgan fingerprint density at radius 3 is 1.35 bits per heavy atom. The Hall–Kier alpha value is -3.75. The van der Waals surface area contributed by atoms with Crippen LogP contribution in [0.3, 0.4) is 0 Å². The summed E-state index contributed by atoms with van der Waals surface area (Å²) in [4.78, 5) is 80.9. The predicted octanol–water partition coefficient (Wildman–Crippen LogP) is -2.87. The minimum Gasteiger partial charge on any atom is -0.481 e. The van der Waals surface area contributed by atoms with Gasteiger partial charge in [-0.3, -0.25) is 28.8 Å². The number of carbonyl (C=O) groups excluding carboxylic acids is 4. The lowest BCUT2D eigenvalue weighted by molar-refractivity contribution is -0.143. The van der Waals surface area contributed by atoms with Gasteiger partial charge in [-0.25, -0.2) is 4.79 Å². The van der Waals surface area contributed by atoms with E-state index in [9.17, 15) is 33.6 Å². The van der Waals surface area contributed by atoms with Crippen molar-refractivity contribution >= 4 is 41.5 Å². The minimum atomic E-state index is -1.47. The van der Waals surface area contributed by atoms with E-state index in [1.54, 1.807) is 0 Å². The number of hydrogen-bond acceptors (Lipinski definition) is 8. The topological polar surface area (TPSA) is 254 Å². The third-order valence-corrected chi connectivity index (χ3v) is 4.52. The third-order valence-electron chi connectivity index (χ3n) is 4.52. The molecule has 0 saturated carbocycles. The van der Waals surface area contributed by atoms with Crippen LogP contribution < -0.4 is 27.0 Å². The number of amides is 4. The Morgan fingerprint density at radius 2 is 0.971 bits per heavy atom. The Balaban J connectivity index is 4.71. The molecule has 0 aromatic carbocycles. The van der Waals surface area contributed by atoms with Gasteiger partial charge in [-0.05, 0) is 33.6 Å². The van der Waals surface area contributed by atoms with Gasteiger partial charge in [0.05, 0.1) is 6.04 Å². The molecule has 0 aromatic rings. The van der Waals surface area contributed by atoms with E-state index in [0.29, 0.717) is 0 Å². The van der Waals surface area contributed by atoms with Gasteiger partial charge in [0.25, 0.3) is 0 Å². The van der Waals surface area contributed by atoms with Crippen LogP contribution >= 0.6 is 0 Å². The Bertz CT molecular complexity index is 802. The van der Waals surface area contributed by atoms with E-state index in [4.69, 9.17) is 21.1 Å². The summed E-state index contributed by atoms with van der Waals surface area (Å²) >= 11 is 0. The lowest BCUT2D eigenvalue weighted by Gasteiger charge is -2.22. The zero-order valence-corrected chi connectivity index (χ0v) is 19.0. The van der Waals surface area contributed by atoms with Gasteiger partial charge in [-0.2, -0.15) is 0 Å². The quantitative estimate of drug-likeness (QED) is 0.116. The summed E-state index contributed by atoms with van der Waals surface area (Å²) in [5.41, 5.74) is 5.56. The van der Waals surface area contributed by atoms with Gasteiger partial charge in [0.15, 0.2) is 0 Å². The minimum absolute atomic E-state index is 0.132. The van der Waals surface area contributed by atoms with E-state index in [1.807, 2.05) is 0 Å². The first-order valence-electron chi connectivity index (χ1n) is 10.3. The molecule has 192 valence electrons. The lowest BCUT2D eigenvalue weighted by Crippen LogP contribution is -2.56. The third kappa shape index (κ3) is 11.8. The maximum absolute atomic E-state index is 12.3. The van der Waals surface area contributed by atoms with Crippen LogP contribution in [0.15, 0.2) is 0 Å². The van der Waals surface area contributed by atoms with Crippen molar-refractivity contribution in [2.45, 2.75) is 76.7 Å². The molecule has 0 aliphatic heterocycles. The maximum Gasteiger partial charge on any atom is 0.326 e. The van der Waals surface area contributed by atoms with Gasteiger partial charge >= 0.3 is 17.9 Å². The van der Waals surface area contributed by atoms with Crippen molar-refractivity contribution in [3.05, 3.63) is 0 Å². The predicted molar refractivity (Wildman–Crippen MR) is 114 cm³/mol. The first-order chi connectivity index (χ1) is 15.6. The molecule has 34 heavy (non-hydrogen) atoms. The molecule has 0 spiro atoms. The summed E-state index contributed by atoms with van der Waals surface area (Å²) in [5.74, 6) is -6.96. The number of hydrogen-bond donors (Lipinski definition) is 8. The van der Waals surface area contributed by atoms with Crippen molar-refractivity contribution in [2.24, 2.45) is 5.73 Å². The van der Waals surface area contributed by atoms with Crippen LogP contribution in [-0.4, -0.2) is 87.1 Å². The first-order valence-corrected chi connectivity index (χ1v) is 10.3. The zero-order valence-electron chi connectivity index (χ0n) is 19.0. The highest BCUT2D eigenvalue weighted by molar-refractivity contribution is 5.95. The summed E-state index contributed by atoms with van der Waals surface area (Å²) in [6, 6.07) is -6.07. The maximum atomic E-state index is 12.3. The average Bonchev–Trinajstić information content (AvgIpc) is 2.73. The van der Waals surface area contributed by atoms with Crippen LogP contribution in [0.5, 0.6) is 0 Å². The molecule has 15 heteroatoms. The fraction of sp³-hybridized carbons (Fsp3) is 0.632. The highest BCUT2D eigenvalue weighted by atomic mass is 16.4.